The molecular weight excluding hydrogens is 430 g/mol. The number of amides is 1. The van der Waals surface area contributed by atoms with Gasteiger partial charge in [0.1, 0.15) is 17.3 Å². The van der Waals surface area contributed by atoms with E-state index in [0.717, 1.165) is 11.1 Å². The molecular formula is C28H27NO5. The molecule has 1 fully saturated rings. The van der Waals surface area contributed by atoms with Crippen molar-refractivity contribution in [3.05, 3.63) is 94.6 Å². The summed E-state index contributed by atoms with van der Waals surface area (Å²) in [6.45, 7) is 6.26. The van der Waals surface area contributed by atoms with Crippen LogP contribution in [0.25, 0.3) is 5.76 Å². The number of ether oxygens (including phenoxy) is 2. The van der Waals surface area contributed by atoms with Crippen molar-refractivity contribution in [2.75, 3.05) is 18.6 Å². The summed E-state index contributed by atoms with van der Waals surface area (Å²) in [5.41, 5.74) is 3.53. The van der Waals surface area contributed by atoms with E-state index in [1.807, 2.05) is 51.1 Å². The Morgan fingerprint density at radius 1 is 0.971 bits per heavy atom. The van der Waals surface area contributed by atoms with Crippen LogP contribution < -0.4 is 14.4 Å². The van der Waals surface area contributed by atoms with Crippen LogP contribution in [0.5, 0.6) is 11.5 Å². The molecule has 1 heterocycles. The van der Waals surface area contributed by atoms with E-state index < -0.39 is 17.7 Å². The number of aliphatic hydroxyl groups is 1. The number of hydrogen-bond donors (Lipinski definition) is 1. The van der Waals surface area contributed by atoms with Crippen molar-refractivity contribution < 1.29 is 24.2 Å². The lowest BCUT2D eigenvalue weighted by molar-refractivity contribution is -0.132. The average molecular weight is 458 g/mol. The van der Waals surface area contributed by atoms with Gasteiger partial charge in [-0.1, -0.05) is 30.3 Å². The molecule has 0 bridgehead atoms. The summed E-state index contributed by atoms with van der Waals surface area (Å²) in [4.78, 5) is 28.2. The SMILES string of the molecule is CCOc1ccc(/C(O)=C2\C(=O)C(=O)N(c3cccc(C)c3C)C2c2ccccc2OC)cc1. The van der Waals surface area contributed by atoms with Crippen molar-refractivity contribution in [2.45, 2.75) is 26.8 Å². The van der Waals surface area contributed by atoms with Crippen molar-refractivity contribution in [1.82, 2.24) is 0 Å². The molecule has 0 saturated carbocycles. The molecule has 1 N–H and O–H groups in total. The summed E-state index contributed by atoms with van der Waals surface area (Å²) in [5.74, 6) is -0.524. The predicted molar refractivity (Wildman–Crippen MR) is 131 cm³/mol. The summed E-state index contributed by atoms with van der Waals surface area (Å²) in [7, 11) is 1.54. The molecule has 1 aliphatic rings. The molecule has 1 unspecified atom stereocenters. The quantitative estimate of drug-likeness (QED) is 0.307. The number of carbonyl (C=O) groups excluding carboxylic acids is 2. The van der Waals surface area contributed by atoms with E-state index in [4.69, 9.17) is 9.47 Å². The third kappa shape index (κ3) is 3.92. The monoisotopic (exact) mass is 457 g/mol. The molecule has 6 nitrogen and oxygen atoms in total. The topological polar surface area (TPSA) is 76.1 Å². The molecule has 1 saturated heterocycles. The van der Waals surface area contributed by atoms with Gasteiger partial charge in [0, 0.05) is 16.8 Å². The molecule has 0 spiro atoms. The van der Waals surface area contributed by atoms with E-state index in [0.29, 0.717) is 34.9 Å². The van der Waals surface area contributed by atoms with E-state index >= 15 is 0 Å². The van der Waals surface area contributed by atoms with Crippen molar-refractivity contribution in [3.63, 3.8) is 0 Å². The lowest BCUT2D eigenvalue weighted by atomic mass is 9.94. The first-order chi connectivity index (χ1) is 16.4. The fraction of sp³-hybridized carbons (Fsp3) is 0.214. The van der Waals surface area contributed by atoms with Crippen LogP contribution in [0.2, 0.25) is 0 Å². The highest BCUT2D eigenvalue weighted by Crippen LogP contribution is 2.45. The van der Waals surface area contributed by atoms with Crippen LogP contribution in [0.4, 0.5) is 5.69 Å². The van der Waals surface area contributed by atoms with Crippen LogP contribution in [0.1, 0.15) is 35.2 Å². The van der Waals surface area contributed by atoms with Gasteiger partial charge in [0.15, 0.2) is 0 Å². The largest absolute Gasteiger partial charge is 0.507 e. The van der Waals surface area contributed by atoms with Crippen LogP contribution in [-0.4, -0.2) is 30.5 Å². The molecule has 4 rings (SSSR count). The maximum Gasteiger partial charge on any atom is 0.300 e. The maximum atomic E-state index is 13.4. The number of anilines is 1. The average Bonchev–Trinajstić information content (AvgIpc) is 3.11. The van der Waals surface area contributed by atoms with E-state index in [-0.39, 0.29) is 11.3 Å². The Balaban J connectivity index is 1.96. The first-order valence-electron chi connectivity index (χ1n) is 11.1. The summed E-state index contributed by atoms with van der Waals surface area (Å²) in [6, 6.07) is 18.8. The Hall–Kier alpha value is -4.06. The number of ketones is 1. The smallest absolute Gasteiger partial charge is 0.300 e. The highest BCUT2D eigenvalue weighted by Gasteiger charge is 2.48. The standard InChI is InChI=1S/C28H27NO5/c1-5-34-20-15-13-19(14-16-20)26(30)24-25(21-10-6-7-12-23(21)33-4)29(28(32)27(24)31)22-11-8-9-17(2)18(22)3/h6-16,25,30H,5H2,1-4H3/b26-24+. The highest BCUT2D eigenvalue weighted by atomic mass is 16.5. The number of nitrogens with zero attached hydrogens (tertiary/aromatic N) is 1. The number of aliphatic hydroxyl groups excluding tert-OH is 1. The van der Waals surface area contributed by atoms with Crippen molar-refractivity contribution in [3.8, 4) is 11.5 Å². The second kappa shape index (κ2) is 9.43. The molecule has 1 amide bonds. The Morgan fingerprint density at radius 3 is 2.35 bits per heavy atom. The number of Topliss-reactive ketones (excluding diaryl/α,β-unsaturated/α-hetero) is 1. The normalized spacial score (nSPS) is 17.2. The number of aryl methyl sites for hydroxylation is 1. The van der Waals surface area contributed by atoms with Crippen LogP contribution >= 0.6 is 0 Å². The Morgan fingerprint density at radius 2 is 1.68 bits per heavy atom. The van der Waals surface area contributed by atoms with Gasteiger partial charge in [0.25, 0.3) is 11.7 Å². The van der Waals surface area contributed by atoms with Crippen LogP contribution in [0.3, 0.4) is 0 Å². The fourth-order valence-electron chi connectivity index (χ4n) is 4.30. The van der Waals surface area contributed by atoms with E-state index in [9.17, 15) is 14.7 Å². The molecule has 0 radical (unpaired) electrons. The summed E-state index contributed by atoms with van der Waals surface area (Å²) < 4.78 is 11.1. The van der Waals surface area contributed by atoms with Gasteiger partial charge < -0.3 is 14.6 Å². The van der Waals surface area contributed by atoms with Crippen molar-refractivity contribution in [2.24, 2.45) is 0 Å². The van der Waals surface area contributed by atoms with Gasteiger partial charge in [0.2, 0.25) is 0 Å². The van der Waals surface area contributed by atoms with E-state index in [2.05, 4.69) is 0 Å². The Bertz CT molecular complexity index is 1280. The summed E-state index contributed by atoms with van der Waals surface area (Å²) in [6.07, 6.45) is 0. The van der Waals surface area contributed by atoms with Gasteiger partial charge in [-0.2, -0.15) is 0 Å². The molecule has 34 heavy (non-hydrogen) atoms. The first kappa shape index (κ1) is 23.1. The maximum absolute atomic E-state index is 13.4. The van der Waals surface area contributed by atoms with E-state index in [1.54, 1.807) is 36.4 Å². The zero-order valence-corrected chi connectivity index (χ0v) is 19.7. The van der Waals surface area contributed by atoms with Crippen LogP contribution in [-0.2, 0) is 9.59 Å². The lowest BCUT2D eigenvalue weighted by Gasteiger charge is -2.28. The molecule has 0 aliphatic carbocycles. The zero-order chi connectivity index (χ0) is 24.4. The molecule has 3 aromatic rings. The minimum Gasteiger partial charge on any atom is -0.507 e. The van der Waals surface area contributed by atoms with Crippen LogP contribution in [0.15, 0.2) is 72.3 Å². The molecule has 1 aliphatic heterocycles. The minimum atomic E-state index is -0.858. The second-order valence-corrected chi connectivity index (χ2v) is 8.09. The van der Waals surface area contributed by atoms with Crippen molar-refractivity contribution >= 4 is 23.1 Å². The van der Waals surface area contributed by atoms with Gasteiger partial charge >= 0.3 is 0 Å². The highest BCUT2D eigenvalue weighted by molar-refractivity contribution is 6.51. The summed E-state index contributed by atoms with van der Waals surface area (Å²) >= 11 is 0. The lowest BCUT2D eigenvalue weighted by Crippen LogP contribution is -2.30. The van der Waals surface area contributed by atoms with Gasteiger partial charge in [-0.15, -0.1) is 0 Å². The third-order valence-electron chi connectivity index (χ3n) is 6.15. The van der Waals surface area contributed by atoms with Gasteiger partial charge in [-0.3, -0.25) is 14.5 Å². The number of carbonyl (C=O) groups is 2. The number of methoxy groups -OCH3 is 1. The number of benzene rings is 3. The minimum absolute atomic E-state index is 0.0135. The molecule has 6 heteroatoms. The van der Waals surface area contributed by atoms with Gasteiger partial charge in [-0.25, -0.2) is 0 Å². The zero-order valence-electron chi connectivity index (χ0n) is 19.7. The first-order valence-corrected chi connectivity index (χ1v) is 11.1. The summed E-state index contributed by atoms with van der Waals surface area (Å²) in [5, 5.41) is 11.3. The molecule has 3 aromatic carbocycles. The second-order valence-electron chi connectivity index (χ2n) is 8.09. The fourth-order valence-corrected chi connectivity index (χ4v) is 4.30. The number of rotatable bonds is 6. The Labute approximate surface area is 199 Å². The molecule has 1 atom stereocenters. The Kier molecular flexibility index (Phi) is 6.41. The molecule has 0 aromatic heterocycles. The molecule has 174 valence electrons. The third-order valence-corrected chi connectivity index (χ3v) is 6.15. The number of hydrogen-bond acceptors (Lipinski definition) is 5. The number of para-hydroxylation sites is 1. The predicted octanol–water partition coefficient (Wildman–Crippen LogP) is 5.34. The van der Waals surface area contributed by atoms with Gasteiger partial charge in [-0.05, 0) is 68.3 Å². The van der Waals surface area contributed by atoms with Crippen LogP contribution in [0, 0.1) is 13.8 Å². The van der Waals surface area contributed by atoms with Gasteiger partial charge in [0.05, 0.1) is 25.3 Å². The van der Waals surface area contributed by atoms with Crippen molar-refractivity contribution in [1.29, 1.82) is 0 Å². The van der Waals surface area contributed by atoms with E-state index in [1.165, 1.54) is 12.0 Å².